The Bertz CT molecular complexity index is 509. The first-order chi connectivity index (χ1) is 10.3. The van der Waals surface area contributed by atoms with Gasteiger partial charge < -0.3 is 0 Å². The van der Waals surface area contributed by atoms with E-state index in [0.29, 0.717) is 11.8 Å². The predicted octanol–water partition coefficient (Wildman–Crippen LogP) is 3.74. The molecule has 2 atom stereocenters. The molecule has 1 aromatic rings. The minimum atomic E-state index is 0.127. The number of hydrogen-bond acceptors (Lipinski definition) is 2. The van der Waals surface area contributed by atoms with Crippen molar-refractivity contribution in [2.75, 3.05) is 0 Å². The van der Waals surface area contributed by atoms with E-state index in [2.05, 4.69) is 10.5 Å². The van der Waals surface area contributed by atoms with Gasteiger partial charge in [-0.25, -0.2) is 5.43 Å². The molecule has 3 heteroatoms. The molecule has 112 valence electrons. The van der Waals surface area contributed by atoms with E-state index >= 15 is 0 Å². The van der Waals surface area contributed by atoms with Crippen molar-refractivity contribution >= 4 is 11.6 Å². The molecule has 2 aliphatic carbocycles. The van der Waals surface area contributed by atoms with E-state index in [0.717, 1.165) is 11.3 Å². The van der Waals surface area contributed by atoms with Crippen LogP contribution in [0.1, 0.15) is 51.0 Å². The Hall–Kier alpha value is -1.64. The van der Waals surface area contributed by atoms with Gasteiger partial charge in [-0.2, -0.15) is 5.10 Å². The minimum Gasteiger partial charge on any atom is -0.273 e. The molecule has 3 nitrogen and oxygen atoms in total. The summed E-state index contributed by atoms with van der Waals surface area (Å²) in [5.41, 5.74) is 4.71. The van der Waals surface area contributed by atoms with E-state index in [1.54, 1.807) is 0 Å². The first-order valence-corrected chi connectivity index (χ1v) is 8.17. The standard InChI is InChI=1S/C18H24N2O/c1-13(14-9-5-4-6-10-14)19-20-18(21)17-15-11-7-2-3-8-12-16(15)17/h4-6,9-10,15-17H,2-3,7-8,11-12H2,1H3,(H,20,21). The van der Waals surface area contributed by atoms with Crippen molar-refractivity contribution in [2.45, 2.75) is 45.4 Å². The van der Waals surface area contributed by atoms with Crippen molar-refractivity contribution in [1.82, 2.24) is 5.43 Å². The zero-order chi connectivity index (χ0) is 14.7. The largest absolute Gasteiger partial charge is 0.273 e. The predicted molar refractivity (Wildman–Crippen MR) is 85.0 cm³/mol. The van der Waals surface area contributed by atoms with Gasteiger partial charge >= 0.3 is 0 Å². The molecule has 2 saturated carbocycles. The lowest BCUT2D eigenvalue weighted by Crippen LogP contribution is -2.22. The second-order valence-electron chi connectivity index (χ2n) is 6.38. The number of carbonyl (C=O) groups is 1. The Labute approximate surface area is 126 Å². The Morgan fingerprint density at radius 2 is 1.67 bits per heavy atom. The second kappa shape index (κ2) is 6.42. The van der Waals surface area contributed by atoms with Gasteiger partial charge in [-0.05, 0) is 37.2 Å². The highest BCUT2D eigenvalue weighted by Crippen LogP contribution is 2.53. The van der Waals surface area contributed by atoms with Gasteiger partial charge in [0, 0.05) is 5.92 Å². The van der Waals surface area contributed by atoms with Crippen LogP contribution in [0.25, 0.3) is 0 Å². The van der Waals surface area contributed by atoms with Crippen LogP contribution in [0.4, 0.5) is 0 Å². The van der Waals surface area contributed by atoms with Gasteiger partial charge in [0.2, 0.25) is 5.91 Å². The number of hydrazone groups is 1. The molecule has 2 fully saturated rings. The summed E-state index contributed by atoms with van der Waals surface area (Å²) in [6, 6.07) is 9.97. The lowest BCUT2D eigenvalue weighted by molar-refractivity contribution is -0.122. The number of hydrogen-bond donors (Lipinski definition) is 1. The number of nitrogens with zero attached hydrogens (tertiary/aromatic N) is 1. The highest BCUT2D eigenvalue weighted by Gasteiger charge is 2.53. The van der Waals surface area contributed by atoms with Gasteiger partial charge in [0.25, 0.3) is 0 Å². The molecule has 0 spiro atoms. The van der Waals surface area contributed by atoms with Crippen molar-refractivity contribution in [3.05, 3.63) is 35.9 Å². The number of amides is 1. The summed E-state index contributed by atoms with van der Waals surface area (Å²) in [4.78, 5) is 12.3. The van der Waals surface area contributed by atoms with Gasteiger partial charge in [0.05, 0.1) is 5.71 Å². The molecule has 0 aliphatic heterocycles. The van der Waals surface area contributed by atoms with E-state index < -0.39 is 0 Å². The van der Waals surface area contributed by atoms with Gasteiger partial charge in [-0.15, -0.1) is 0 Å². The van der Waals surface area contributed by atoms with Crippen LogP contribution in [0.2, 0.25) is 0 Å². The van der Waals surface area contributed by atoms with Gasteiger partial charge in [-0.3, -0.25) is 4.79 Å². The van der Waals surface area contributed by atoms with E-state index in [1.165, 1.54) is 38.5 Å². The summed E-state index contributed by atoms with van der Waals surface area (Å²) in [7, 11) is 0. The van der Waals surface area contributed by atoms with Crippen molar-refractivity contribution in [3.63, 3.8) is 0 Å². The van der Waals surface area contributed by atoms with Gasteiger partial charge in [0.1, 0.15) is 0 Å². The highest BCUT2D eigenvalue weighted by molar-refractivity contribution is 5.99. The smallest absolute Gasteiger partial charge is 0.243 e. The van der Waals surface area contributed by atoms with E-state index in [4.69, 9.17) is 0 Å². The van der Waals surface area contributed by atoms with Crippen LogP contribution in [-0.4, -0.2) is 11.6 Å². The molecule has 21 heavy (non-hydrogen) atoms. The molecule has 0 heterocycles. The number of carbonyl (C=O) groups excluding carboxylic acids is 1. The average Bonchev–Trinajstić information content (AvgIpc) is 3.16. The summed E-state index contributed by atoms with van der Waals surface area (Å²) >= 11 is 0. The monoisotopic (exact) mass is 284 g/mol. The van der Waals surface area contributed by atoms with Crippen molar-refractivity contribution in [1.29, 1.82) is 0 Å². The average molecular weight is 284 g/mol. The zero-order valence-corrected chi connectivity index (χ0v) is 12.7. The maximum absolute atomic E-state index is 12.3. The third-order valence-corrected chi connectivity index (χ3v) is 4.98. The molecular formula is C18H24N2O. The SMILES string of the molecule is CC(=NNC(=O)C1C2CCCCCCC21)c1ccccc1. The number of fused-ring (bicyclic) bond motifs is 1. The molecule has 0 bridgehead atoms. The molecule has 1 N–H and O–H groups in total. The molecule has 0 aromatic heterocycles. The zero-order valence-electron chi connectivity index (χ0n) is 12.7. The first-order valence-electron chi connectivity index (χ1n) is 8.17. The molecular weight excluding hydrogens is 260 g/mol. The first kappa shape index (κ1) is 14.3. The summed E-state index contributed by atoms with van der Waals surface area (Å²) in [5.74, 6) is 1.59. The molecule has 1 aromatic carbocycles. The topological polar surface area (TPSA) is 41.5 Å². The molecule has 0 saturated heterocycles. The number of benzene rings is 1. The number of nitrogens with one attached hydrogen (secondary N) is 1. The summed E-state index contributed by atoms with van der Waals surface area (Å²) in [5, 5.41) is 4.28. The van der Waals surface area contributed by atoms with E-state index in [1.807, 2.05) is 37.3 Å². The molecule has 3 rings (SSSR count). The Kier molecular flexibility index (Phi) is 4.37. The lowest BCUT2D eigenvalue weighted by Gasteiger charge is -2.04. The quantitative estimate of drug-likeness (QED) is 0.666. The van der Waals surface area contributed by atoms with Crippen LogP contribution < -0.4 is 5.43 Å². The fraction of sp³-hybridized carbons (Fsp3) is 0.556. The van der Waals surface area contributed by atoms with Crippen LogP contribution >= 0.6 is 0 Å². The molecule has 1 amide bonds. The van der Waals surface area contributed by atoms with Crippen LogP contribution in [0.5, 0.6) is 0 Å². The van der Waals surface area contributed by atoms with Crippen molar-refractivity contribution in [3.8, 4) is 0 Å². The normalized spacial score (nSPS) is 29.0. The molecule has 2 unspecified atom stereocenters. The van der Waals surface area contributed by atoms with Crippen LogP contribution in [0.15, 0.2) is 35.4 Å². The van der Waals surface area contributed by atoms with Gasteiger partial charge in [-0.1, -0.05) is 56.0 Å². The summed E-state index contributed by atoms with van der Waals surface area (Å²) < 4.78 is 0. The molecule has 2 aliphatic rings. The summed E-state index contributed by atoms with van der Waals surface area (Å²) in [6.07, 6.45) is 7.70. The van der Waals surface area contributed by atoms with Crippen molar-refractivity contribution in [2.24, 2.45) is 22.9 Å². The lowest BCUT2D eigenvalue weighted by atomic mass is 10.0. The maximum Gasteiger partial charge on any atom is 0.243 e. The minimum absolute atomic E-state index is 0.127. The third kappa shape index (κ3) is 3.34. The fourth-order valence-corrected chi connectivity index (χ4v) is 3.69. The summed E-state index contributed by atoms with van der Waals surface area (Å²) in [6.45, 7) is 1.94. The second-order valence-corrected chi connectivity index (χ2v) is 6.38. The van der Waals surface area contributed by atoms with Crippen molar-refractivity contribution < 1.29 is 4.79 Å². The van der Waals surface area contributed by atoms with Gasteiger partial charge in [0.15, 0.2) is 0 Å². The fourth-order valence-electron chi connectivity index (χ4n) is 3.69. The van der Waals surface area contributed by atoms with E-state index in [9.17, 15) is 4.79 Å². The Morgan fingerprint density at radius 3 is 2.29 bits per heavy atom. The maximum atomic E-state index is 12.3. The third-order valence-electron chi connectivity index (χ3n) is 4.98. The van der Waals surface area contributed by atoms with Crippen LogP contribution in [-0.2, 0) is 4.79 Å². The Balaban J connectivity index is 1.57. The molecule has 0 radical (unpaired) electrons. The highest BCUT2D eigenvalue weighted by atomic mass is 16.2. The number of rotatable bonds is 3. The van der Waals surface area contributed by atoms with Crippen LogP contribution in [0, 0.1) is 17.8 Å². The Morgan fingerprint density at radius 1 is 1.05 bits per heavy atom. The van der Waals surface area contributed by atoms with E-state index in [-0.39, 0.29) is 11.8 Å². The van der Waals surface area contributed by atoms with Crippen LogP contribution in [0.3, 0.4) is 0 Å².